The van der Waals surface area contributed by atoms with Gasteiger partial charge in [-0.3, -0.25) is 10.2 Å². The second kappa shape index (κ2) is 8.71. The Morgan fingerprint density at radius 1 is 1.04 bits per heavy atom. The topological polar surface area (TPSA) is 41.1 Å². The molecule has 0 bridgehead atoms. The van der Waals surface area contributed by atoms with Crippen molar-refractivity contribution in [2.45, 2.75) is 13.0 Å². The van der Waals surface area contributed by atoms with Crippen molar-refractivity contribution in [1.29, 1.82) is 0 Å². The van der Waals surface area contributed by atoms with Crippen LogP contribution in [0.2, 0.25) is 0 Å². The van der Waals surface area contributed by atoms with E-state index in [1.54, 1.807) is 12.1 Å². The molecular formula is C20H22N2O. The van der Waals surface area contributed by atoms with Crippen LogP contribution in [-0.2, 0) is 0 Å². The smallest absolute Gasteiger partial charge is 0.265 e. The summed E-state index contributed by atoms with van der Waals surface area (Å²) in [6.45, 7) is 5.89. The number of hydrogen-bond acceptors (Lipinski definition) is 2. The quantitative estimate of drug-likeness (QED) is 0.603. The summed E-state index contributed by atoms with van der Waals surface area (Å²) in [5.74, 6) is 0.0195. The molecule has 0 unspecified atom stereocenters. The summed E-state index contributed by atoms with van der Waals surface area (Å²) in [5, 5.41) is 0. The first kappa shape index (κ1) is 16.7. The van der Waals surface area contributed by atoms with Crippen LogP contribution in [0, 0.1) is 5.92 Å². The Balaban J connectivity index is 2.00. The van der Waals surface area contributed by atoms with Crippen LogP contribution in [0.25, 0.3) is 6.08 Å². The highest BCUT2D eigenvalue weighted by atomic mass is 16.2. The van der Waals surface area contributed by atoms with E-state index in [2.05, 4.69) is 24.4 Å². The second-order valence-corrected chi connectivity index (χ2v) is 5.35. The van der Waals surface area contributed by atoms with Crippen molar-refractivity contribution >= 4 is 12.0 Å². The third kappa shape index (κ3) is 5.24. The molecule has 0 fully saturated rings. The van der Waals surface area contributed by atoms with Gasteiger partial charge >= 0.3 is 0 Å². The van der Waals surface area contributed by atoms with Gasteiger partial charge in [0.25, 0.3) is 5.91 Å². The first-order valence-electron chi connectivity index (χ1n) is 7.67. The number of hydrogen-bond donors (Lipinski definition) is 2. The van der Waals surface area contributed by atoms with Gasteiger partial charge in [0.05, 0.1) is 6.04 Å². The largest absolute Gasteiger partial charge is 0.287 e. The van der Waals surface area contributed by atoms with E-state index in [4.69, 9.17) is 0 Å². The van der Waals surface area contributed by atoms with Crippen molar-refractivity contribution < 1.29 is 4.79 Å². The summed E-state index contributed by atoms with van der Waals surface area (Å²) >= 11 is 0. The minimum absolute atomic E-state index is 0.0413. The molecule has 0 aliphatic heterocycles. The van der Waals surface area contributed by atoms with Gasteiger partial charge in [0.15, 0.2) is 0 Å². The molecule has 23 heavy (non-hydrogen) atoms. The zero-order chi connectivity index (χ0) is 16.5. The average Bonchev–Trinajstić information content (AvgIpc) is 2.62. The molecule has 118 valence electrons. The van der Waals surface area contributed by atoms with Gasteiger partial charge in [0.2, 0.25) is 0 Å². The van der Waals surface area contributed by atoms with Crippen molar-refractivity contribution in [3.63, 3.8) is 0 Å². The predicted octanol–water partition coefficient (Wildman–Crippen LogP) is 3.83. The number of hydrazine groups is 1. The molecule has 1 amide bonds. The molecule has 0 saturated carbocycles. The van der Waals surface area contributed by atoms with Crippen LogP contribution in [0.1, 0.15) is 22.8 Å². The van der Waals surface area contributed by atoms with E-state index in [0.29, 0.717) is 5.56 Å². The van der Waals surface area contributed by atoms with Crippen molar-refractivity contribution in [2.24, 2.45) is 5.92 Å². The Morgan fingerprint density at radius 3 is 2.26 bits per heavy atom. The van der Waals surface area contributed by atoms with Crippen LogP contribution in [-0.4, -0.2) is 11.9 Å². The van der Waals surface area contributed by atoms with E-state index < -0.39 is 0 Å². The van der Waals surface area contributed by atoms with Crippen LogP contribution in [0.15, 0.2) is 79.4 Å². The minimum Gasteiger partial charge on any atom is -0.287 e. The van der Waals surface area contributed by atoms with Gasteiger partial charge in [0, 0.05) is 5.56 Å². The standard InChI is InChI=1S/C20H22N2O/c1-3-16(2)19(15-14-17-10-6-4-7-11-17)21-22-20(23)18-12-8-5-9-13-18/h3-16,19,21H,1H2,2H3,(H,22,23)/b15-14+/t16-,19+/m0/s1. The summed E-state index contributed by atoms with van der Waals surface area (Å²) in [7, 11) is 0. The van der Waals surface area contributed by atoms with E-state index in [-0.39, 0.29) is 17.9 Å². The van der Waals surface area contributed by atoms with Gasteiger partial charge in [-0.05, 0) is 23.6 Å². The van der Waals surface area contributed by atoms with Crippen LogP contribution in [0.4, 0.5) is 0 Å². The first-order chi connectivity index (χ1) is 11.2. The van der Waals surface area contributed by atoms with Gasteiger partial charge in [-0.25, -0.2) is 5.43 Å². The van der Waals surface area contributed by atoms with Crippen molar-refractivity contribution in [3.8, 4) is 0 Å². The van der Waals surface area contributed by atoms with Gasteiger partial charge in [-0.15, -0.1) is 6.58 Å². The monoisotopic (exact) mass is 306 g/mol. The van der Waals surface area contributed by atoms with E-state index in [1.807, 2.05) is 66.8 Å². The van der Waals surface area contributed by atoms with Gasteiger partial charge in [0.1, 0.15) is 0 Å². The van der Waals surface area contributed by atoms with Crippen LogP contribution < -0.4 is 10.9 Å². The molecule has 3 nitrogen and oxygen atoms in total. The van der Waals surface area contributed by atoms with Crippen molar-refractivity contribution in [2.75, 3.05) is 0 Å². The fourth-order valence-corrected chi connectivity index (χ4v) is 2.09. The third-order valence-electron chi connectivity index (χ3n) is 3.62. The lowest BCUT2D eigenvalue weighted by atomic mass is 10.0. The number of carbonyl (C=O) groups excluding carboxylic acids is 1. The lowest BCUT2D eigenvalue weighted by Gasteiger charge is -2.20. The Bertz CT molecular complexity index is 650. The molecule has 2 aromatic carbocycles. The van der Waals surface area contributed by atoms with Crippen LogP contribution in [0.5, 0.6) is 0 Å². The lowest BCUT2D eigenvalue weighted by molar-refractivity contribution is 0.0926. The maximum Gasteiger partial charge on any atom is 0.265 e. The van der Waals surface area contributed by atoms with Crippen molar-refractivity contribution in [1.82, 2.24) is 10.9 Å². The Morgan fingerprint density at radius 2 is 1.65 bits per heavy atom. The van der Waals surface area contributed by atoms with Crippen LogP contribution >= 0.6 is 0 Å². The molecule has 2 atom stereocenters. The molecule has 3 heteroatoms. The summed E-state index contributed by atoms with van der Waals surface area (Å²) in [6, 6.07) is 19.1. The number of amides is 1. The number of nitrogens with one attached hydrogen (secondary N) is 2. The SMILES string of the molecule is C=C[C@H](C)[C@@H](/C=C/c1ccccc1)NNC(=O)c1ccccc1. The predicted molar refractivity (Wildman–Crippen MR) is 95.7 cm³/mol. The maximum absolute atomic E-state index is 12.1. The fourth-order valence-electron chi connectivity index (χ4n) is 2.09. The van der Waals surface area contributed by atoms with E-state index in [9.17, 15) is 4.79 Å². The number of carbonyl (C=O) groups is 1. The van der Waals surface area contributed by atoms with Gasteiger partial charge in [-0.1, -0.05) is 73.7 Å². The molecule has 0 aliphatic rings. The van der Waals surface area contributed by atoms with E-state index in [1.165, 1.54) is 0 Å². The van der Waals surface area contributed by atoms with Crippen molar-refractivity contribution in [3.05, 3.63) is 90.5 Å². The summed E-state index contributed by atoms with van der Waals surface area (Å²) < 4.78 is 0. The molecule has 0 aromatic heterocycles. The summed E-state index contributed by atoms with van der Waals surface area (Å²) in [4.78, 5) is 12.1. The van der Waals surface area contributed by atoms with E-state index in [0.717, 1.165) is 5.56 Å². The highest BCUT2D eigenvalue weighted by Crippen LogP contribution is 2.09. The van der Waals surface area contributed by atoms with Gasteiger partial charge < -0.3 is 0 Å². The summed E-state index contributed by atoms with van der Waals surface area (Å²) in [5.41, 5.74) is 7.58. The molecule has 0 radical (unpaired) electrons. The third-order valence-corrected chi connectivity index (χ3v) is 3.62. The number of rotatable bonds is 7. The molecular weight excluding hydrogens is 284 g/mol. The zero-order valence-corrected chi connectivity index (χ0v) is 13.3. The van der Waals surface area contributed by atoms with E-state index >= 15 is 0 Å². The fraction of sp³-hybridized carbons (Fsp3) is 0.150. The summed E-state index contributed by atoms with van der Waals surface area (Å²) in [6.07, 6.45) is 5.93. The zero-order valence-electron chi connectivity index (χ0n) is 13.3. The molecule has 2 aromatic rings. The average molecular weight is 306 g/mol. The number of benzene rings is 2. The minimum atomic E-state index is -0.153. The molecule has 0 saturated heterocycles. The normalized spacial score (nSPS) is 13.4. The molecule has 0 spiro atoms. The van der Waals surface area contributed by atoms with Crippen LogP contribution in [0.3, 0.4) is 0 Å². The first-order valence-corrected chi connectivity index (χ1v) is 7.67. The highest BCUT2D eigenvalue weighted by Gasteiger charge is 2.12. The molecule has 0 aliphatic carbocycles. The maximum atomic E-state index is 12.1. The molecule has 0 heterocycles. The molecule has 2 N–H and O–H groups in total. The highest BCUT2D eigenvalue weighted by molar-refractivity contribution is 5.93. The van der Waals surface area contributed by atoms with Gasteiger partial charge in [-0.2, -0.15) is 0 Å². The Labute approximate surface area is 137 Å². The lowest BCUT2D eigenvalue weighted by Crippen LogP contribution is -2.45. The molecule has 2 rings (SSSR count). The Hall–Kier alpha value is -2.65. The second-order valence-electron chi connectivity index (χ2n) is 5.35. The Kier molecular flexibility index (Phi) is 6.33.